The Labute approximate surface area is 93.1 Å². The first-order valence-corrected chi connectivity index (χ1v) is 5.86. The van der Waals surface area contributed by atoms with Crippen LogP contribution in [0.3, 0.4) is 0 Å². The van der Waals surface area contributed by atoms with E-state index in [2.05, 4.69) is 26.0 Å². The molecule has 0 spiro atoms. The van der Waals surface area contributed by atoms with Crippen molar-refractivity contribution in [1.82, 2.24) is 0 Å². The van der Waals surface area contributed by atoms with Gasteiger partial charge in [-0.2, -0.15) is 0 Å². The fraction of sp³-hybridized carbons (Fsp3) is 0.571. The molecule has 84 valence electrons. The number of hydrogen-bond acceptors (Lipinski definition) is 1. The topological polar surface area (TPSA) is 20.2 Å². The van der Waals surface area contributed by atoms with Crippen molar-refractivity contribution >= 4 is 0 Å². The van der Waals surface area contributed by atoms with Crippen molar-refractivity contribution in [2.45, 2.75) is 52.1 Å². The summed E-state index contributed by atoms with van der Waals surface area (Å²) in [5, 5.41) is 10.4. The van der Waals surface area contributed by atoms with Crippen molar-refractivity contribution < 1.29 is 5.11 Å². The minimum absolute atomic E-state index is 0.517. The van der Waals surface area contributed by atoms with Crippen molar-refractivity contribution in [3.63, 3.8) is 0 Å². The molecule has 1 aromatic carbocycles. The van der Waals surface area contributed by atoms with Crippen LogP contribution in [-0.4, -0.2) is 5.11 Å². The maximum absolute atomic E-state index is 10.4. The lowest BCUT2D eigenvalue weighted by atomic mass is 9.86. The highest BCUT2D eigenvalue weighted by Gasteiger charge is 2.24. The van der Waals surface area contributed by atoms with E-state index in [1.807, 2.05) is 26.0 Å². The van der Waals surface area contributed by atoms with Gasteiger partial charge < -0.3 is 5.11 Å². The van der Waals surface area contributed by atoms with Gasteiger partial charge in [-0.05, 0) is 29.9 Å². The Hall–Kier alpha value is -0.820. The first-order chi connectivity index (χ1) is 7.03. The monoisotopic (exact) mass is 206 g/mol. The highest BCUT2D eigenvalue weighted by atomic mass is 16.3. The van der Waals surface area contributed by atoms with E-state index in [-0.39, 0.29) is 0 Å². The third kappa shape index (κ3) is 2.60. The molecule has 0 radical (unpaired) electrons. The molecule has 15 heavy (non-hydrogen) atoms. The van der Waals surface area contributed by atoms with Gasteiger partial charge in [0.15, 0.2) is 0 Å². The van der Waals surface area contributed by atoms with E-state index in [0.717, 1.165) is 18.4 Å². The van der Waals surface area contributed by atoms with Gasteiger partial charge >= 0.3 is 0 Å². The molecule has 0 aliphatic carbocycles. The smallest absolute Gasteiger partial charge is 0.0891 e. The molecule has 1 rings (SSSR count). The first-order valence-electron chi connectivity index (χ1n) is 5.86. The van der Waals surface area contributed by atoms with Crippen molar-refractivity contribution in [3.05, 3.63) is 35.4 Å². The number of benzene rings is 1. The molecule has 1 N–H and O–H groups in total. The molecule has 0 atom stereocenters. The molecule has 1 heteroatoms. The minimum Gasteiger partial charge on any atom is -0.385 e. The fourth-order valence-electron chi connectivity index (χ4n) is 1.85. The van der Waals surface area contributed by atoms with Gasteiger partial charge in [-0.25, -0.2) is 0 Å². The second-order valence-corrected chi connectivity index (χ2v) is 4.52. The van der Waals surface area contributed by atoms with Crippen LogP contribution in [0.15, 0.2) is 24.3 Å². The van der Waals surface area contributed by atoms with E-state index in [9.17, 15) is 5.11 Å². The lowest BCUT2D eigenvalue weighted by molar-refractivity contribution is 0.0283. The predicted molar refractivity (Wildman–Crippen MR) is 65.0 cm³/mol. The van der Waals surface area contributed by atoms with Crippen LogP contribution in [0.5, 0.6) is 0 Å². The summed E-state index contributed by atoms with van der Waals surface area (Å²) in [6, 6.07) is 8.33. The summed E-state index contributed by atoms with van der Waals surface area (Å²) in [6.07, 6.45) is 1.54. The van der Waals surface area contributed by atoms with E-state index in [0.29, 0.717) is 5.92 Å². The Balaban J connectivity index is 3.09. The van der Waals surface area contributed by atoms with E-state index in [4.69, 9.17) is 0 Å². The molecule has 0 aliphatic heterocycles. The quantitative estimate of drug-likeness (QED) is 0.794. The van der Waals surface area contributed by atoms with Gasteiger partial charge in [0.05, 0.1) is 5.60 Å². The highest BCUT2D eigenvalue weighted by molar-refractivity contribution is 5.29. The first kappa shape index (κ1) is 12.3. The van der Waals surface area contributed by atoms with Crippen molar-refractivity contribution in [2.75, 3.05) is 0 Å². The maximum Gasteiger partial charge on any atom is 0.0891 e. The molecule has 0 heterocycles. The molecule has 0 aromatic heterocycles. The summed E-state index contributed by atoms with van der Waals surface area (Å²) in [7, 11) is 0. The largest absolute Gasteiger partial charge is 0.385 e. The third-order valence-corrected chi connectivity index (χ3v) is 3.26. The van der Waals surface area contributed by atoms with Gasteiger partial charge in [0.25, 0.3) is 0 Å². The van der Waals surface area contributed by atoms with Crippen molar-refractivity contribution in [3.8, 4) is 0 Å². The average Bonchev–Trinajstić information content (AvgIpc) is 2.28. The SMILES string of the molecule is CCC(O)(CC)c1cccc(C(C)C)c1. The minimum atomic E-state index is -0.648. The Bertz CT molecular complexity index is 311. The molecular weight excluding hydrogens is 184 g/mol. The summed E-state index contributed by atoms with van der Waals surface area (Å²) in [4.78, 5) is 0. The zero-order chi connectivity index (χ0) is 11.5. The molecule has 0 amide bonds. The van der Waals surface area contributed by atoms with Gasteiger partial charge in [-0.15, -0.1) is 0 Å². The molecule has 0 unspecified atom stereocenters. The van der Waals surface area contributed by atoms with Crippen molar-refractivity contribution in [2.24, 2.45) is 0 Å². The average molecular weight is 206 g/mol. The molecule has 0 saturated heterocycles. The Morgan fingerprint density at radius 2 is 1.80 bits per heavy atom. The van der Waals surface area contributed by atoms with Crippen LogP contribution in [0.2, 0.25) is 0 Å². The molecular formula is C14H22O. The summed E-state index contributed by atoms with van der Waals surface area (Å²) in [5.74, 6) is 0.517. The lowest BCUT2D eigenvalue weighted by Crippen LogP contribution is -2.23. The zero-order valence-electron chi connectivity index (χ0n) is 10.2. The summed E-state index contributed by atoms with van der Waals surface area (Å²) >= 11 is 0. The second-order valence-electron chi connectivity index (χ2n) is 4.52. The Morgan fingerprint density at radius 3 is 2.27 bits per heavy atom. The fourth-order valence-corrected chi connectivity index (χ4v) is 1.85. The van der Waals surface area contributed by atoms with Gasteiger partial charge in [0, 0.05) is 0 Å². The van der Waals surface area contributed by atoms with Crippen LogP contribution in [0.1, 0.15) is 57.6 Å². The van der Waals surface area contributed by atoms with Gasteiger partial charge in [-0.1, -0.05) is 52.0 Å². The molecule has 0 bridgehead atoms. The van der Waals surface area contributed by atoms with Crippen LogP contribution in [0.25, 0.3) is 0 Å². The van der Waals surface area contributed by atoms with E-state index >= 15 is 0 Å². The summed E-state index contributed by atoms with van der Waals surface area (Å²) in [5.41, 5.74) is 1.71. The summed E-state index contributed by atoms with van der Waals surface area (Å²) in [6.45, 7) is 8.42. The standard InChI is InChI=1S/C14H22O/c1-5-14(15,6-2)13-9-7-8-12(10-13)11(3)4/h7-11,15H,5-6H2,1-4H3. The maximum atomic E-state index is 10.4. The van der Waals surface area contributed by atoms with E-state index < -0.39 is 5.60 Å². The van der Waals surface area contributed by atoms with Crippen LogP contribution in [0, 0.1) is 0 Å². The van der Waals surface area contributed by atoms with Crippen LogP contribution in [-0.2, 0) is 5.60 Å². The number of aliphatic hydroxyl groups is 1. The van der Waals surface area contributed by atoms with Crippen LogP contribution >= 0.6 is 0 Å². The van der Waals surface area contributed by atoms with E-state index in [1.165, 1.54) is 5.56 Å². The van der Waals surface area contributed by atoms with E-state index in [1.54, 1.807) is 0 Å². The third-order valence-electron chi connectivity index (χ3n) is 3.26. The summed E-state index contributed by atoms with van der Waals surface area (Å²) < 4.78 is 0. The second kappa shape index (κ2) is 4.80. The normalized spacial score (nSPS) is 12.1. The molecule has 1 nitrogen and oxygen atoms in total. The number of hydrogen-bond donors (Lipinski definition) is 1. The molecule has 0 saturated carbocycles. The Morgan fingerprint density at radius 1 is 1.20 bits per heavy atom. The molecule has 0 fully saturated rings. The van der Waals surface area contributed by atoms with Crippen molar-refractivity contribution in [1.29, 1.82) is 0 Å². The Kier molecular flexibility index (Phi) is 3.92. The highest BCUT2D eigenvalue weighted by Crippen LogP contribution is 2.30. The van der Waals surface area contributed by atoms with Crippen LogP contribution < -0.4 is 0 Å². The van der Waals surface area contributed by atoms with Gasteiger partial charge in [-0.3, -0.25) is 0 Å². The van der Waals surface area contributed by atoms with Gasteiger partial charge in [0.2, 0.25) is 0 Å². The molecule has 1 aromatic rings. The number of rotatable bonds is 4. The molecule has 0 aliphatic rings. The predicted octanol–water partition coefficient (Wildman–Crippen LogP) is 3.82. The van der Waals surface area contributed by atoms with Gasteiger partial charge in [0.1, 0.15) is 0 Å². The van der Waals surface area contributed by atoms with Crippen LogP contribution in [0.4, 0.5) is 0 Å². The zero-order valence-corrected chi connectivity index (χ0v) is 10.2. The lowest BCUT2D eigenvalue weighted by Gasteiger charge is -2.26.